The highest BCUT2D eigenvalue weighted by Crippen LogP contribution is 2.46. The van der Waals surface area contributed by atoms with Gasteiger partial charge in [-0.3, -0.25) is 14.5 Å². The van der Waals surface area contributed by atoms with E-state index in [1.165, 1.54) is 12.1 Å². The summed E-state index contributed by atoms with van der Waals surface area (Å²) in [4.78, 5) is 28.0. The second-order valence-corrected chi connectivity index (χ2v) is 8.49. The largest absolute Gasteiger partial charge is 0.294 e. The second-order valence-electron chi connectivity index (χ2n) is 8.14. The number of allylic oxidation sites excluding steroid dienone is 2. The first kappa shape index (κ1) is 20.6. The predicted molar refractivity (Wildman–Crippen MR) is 120 cm³/mol. The van der Waals surface area contributed by atoms with Gasteiger partial charge in [-0.25, -0.2) is 9.07 Å². The summed E-state index contributed by atoms with van der Waals surface area (Å²) >= 11 is 6.79. The standard InChI is InChI=1S/C25H21ClFN3O2/c1-15-23(25(26)30(28-15)18-6-3-2-4-7-18)19-14-22(32)29(17-12-10-16(27)11-13-17)20-8-5-9-21(31)24(19)20/h2-4,6-7,10-13,19H,5,8-9,14H2,1H3. The van der Waals surface area contributed by atoms with Crippen LogP contribution < -0.4 is 4.90 Å². The van der Waals surface area contributed by atoms with Crippen LogP contribution in [0.15, 0.2) is 65.9 Å². The quantitative estimate of drug-likeness (QED) is 0.530. The lowest BCUT2D eigenvalue weighted by Gasteiger charge is -2.38. The van der Waals surface area contributed by atoms with E-state index in [-0.39, 0.29) is 23.9 Å². The molecule has 0 saturated heterocycles. The van der Waals surface area contributed by atoms with Gasteiger partial charge in [-0.1, -0.05) is 29.8 Å². The van der Waals surface area contributed by atoms with Gasteiger partial charge >= 0.3 is 0 Å². The minimum absolute atomic E-state index is 0.0267. The van der Waals surface area contributed by atoms with Gasteiger partial charge in [0.2, 0.25) is 5.91 Å². The molecule has 2 heterocycles. The fourth-order valence-electron chi connectivity index (χ4n) is 4.78. The Morgan fingerprint density at radius 1 is 1.00 bits per heavy atom. The Morgan fingerprint density at radius 2 is 1.72 bits per heavy atom. The molecule has 1 aromatic heterocycles. The number of carbonyl (C=O) groups is 2. The van der Waals surface area contributed by atoms with E-state index in [0.717, 1.165) is 5.69 Å². The number of Topliss-reactive ketones (excluding diaryl/α,β-unsaturated/α-hetero) is 1. The summed E-state index contributed by atoms with van der Waals surface area (Å²) in [5, 5.41) is 5.02. The molecule has 1 unspecified atom stereocenters. The predicted octanol–water partition coefficient (Wildman–Crippen LogP) is 5.50. The van der Waals surface area contributed by atoms with Gasteiger partial charge in [0, 0.05) is 41.3 Å². The number of amides is 1. The molecule has 0 bridgehead atoms. The van der Waals surface area contributed by atoms with E-state index >= 15 is 0 Å². The van der Waals surface area contributed by atoms with Crippen molar-refractivity contribution in [2.75, 3.05) is 4.90 Å². The molecule has 1 aliphatic carbocycles. The van der Waals surface area contributed by atoms with Crippen LogP contribution in [-0.4, -0.2) is 21.5 Å². The maximum absolute atomic E-state index is 13.5. The Kier molecular flexibility index (Phi) is 5.18. The number of para-hydroxylation sites is 1. The van der Waals surface area contributed by atoms with Crippen molar-refractivity contribution in [3.8, 4) is 5.69 Å². The molecule has 32 heavy (non-hydrogen) atoms. The van der Waals surface area contributed by atoms with Crippen LogP contribution >= 0.6 is 11.6 Å². The third kappa shape index (κ3) is 3.35. The number of anilines is 1. The summed E-state index contributed by atoms with van der Waals surface area (Å²) in [5.74, 6) is -0.940. The fourth-order valence-corrected chi connectivity index (χ4v) is 5.18. The summed E-state index contributed by atoms with van der Waals surface area (Å²) < 4.78 is 15.1. The molecule has 5 rings (SSSR count). The number of nitrogens with zero attached hydrogens (tertiary/aromatic N) is 3. The molecule has 1 aliphatic heterocycles. The Bertz CT molecular complexity index is 1250. The Labute approximate surface area is 190 Å². The highest BCUT2D eigenvalue weighted by Gasteiger charge is 2.42. The summed E-state index contributed by atoms with van der Waals surface area (Å²) in [6.07, 6.45) is 1.81. The number of halogens is 2. The topological polar surface area (TPSA) is 55.2 Å². The second kappa shape index (κ2) is 8.02. The molecule has 2 aromatic carbocycles. The van der Waals surface area contributed by atoms with E-state index in [1.54, 1.807) is 21.7 Å². The zero-order chi connectivity index (χ0) is 22.4. The van der Waals surface area contributed by atoms with Crippen LogP contribution in [0.2, 0.25) is 5.15 Å². The van der Waals surface area contributed by atoms with Gasteiger partial charge in [0.25, 0.3) is 0 Å². The molecule has 0 N–H and O–H groups in total. The van der Waals surface area contributed by atoms with Gasteiger partial charge in [0.1, 0.15) is 11.0 Å². The Morgan fingerprint density at radius 3 is 2.44 bits per heavy atom. The van der Waals surface area contributed by atoms with Crippen molar-refractivity contribution in [2.24, 2.45) is 0 Å². The molecule has 0 fully saturated rings. The minimum atomic E-state index is -0.452. The highest BCUT2D eigenvalue weighted by atomic mass is 35.5. The van der Waals surface area contributed by atoms with E-state index in [0.29, 0.717) is 52.6 Å². The lowest BCUT2D eigenvalue weighted by Crippen LogP contribution is -2.40. The van der Waals surface area contributed by atoms with E-state index in [1.807, 2.05) is 37.3 Å². The van der Waals surface area contributed by atoms with E-state index in [9.17, 15) is 14.0 Å². The average molecular weight is 450 g/mol. The van der Waals surface area contributed by atoms with Gasteiger partial charge < -0.3 is 0 Å². The number of carbonyl (C=O) groups excluding carboxylic acids is 2. The average Bonchev–Trinajstić information content (AvgIpc) is 3.08. The van der Waals surface area contributed by atoms with E-state index in [4.69, 9.17) is 11.6 Å². The maximum Gasteiger partial charge on any atom is 0.232 e. The lowest BCUT2D eigenvalue weighted by atomic mass is 9.77. The molecule has 3 aromatic rings. The zero-order valence-corrected chi connectivity index (χ0v) is 18.3. The van der Waals surface area contributed by atoms with Crippen molar-refractivity contribution < 1.29 is 14.0 Å². The first-order chi connectivity index (χ1) is 15.5. The van der Waals surface area contributed by atoms with Crippen molar-refractivity contribution in [1.29, 1.82) is 0 Å². The van der Waals surface area contributed by atoms with Gasteiger partial charge in [0.15, 0.2) is 5.78 Å². The highest BCUT2D eigenvalue weighted by molar-refractivity contribution is 6.31. The normalized spacial score (nSPS) is 18.8. The van der Waals surface area contributed by atoms with Crippen LogP contribution in [0.1, 0.15) is 42.9 Å². The van der Waals surface area contributed by atoms with Crippen molar-refractivity contribution in [2.45, 2.75) is 38.5 Å². The Hall–Kier alpha value is -3.25. The smallest absolute Gasteiger partial charge is 0.232 e. The van der Waals surface area contributed by atoms with Crippen LogP contribution in [0.3, 0.4) is 0 Å². The van der Waals surface area contributed by atoms with Crippen LogP contribution in [0.4, 0.5) is 10.1 Å². The Balaban J connectivity index is 1.66. The molecule has 0 spiro atoms. The maximum atomic E-state index is 13.5. The molecular formula is C25H21ClFN3O2. The third-order valence-corrected chi connectivity index (χ3v) is 6.52. The molecule has 7 heteroatoms. The van der Waals surface area contributed by atoms with Gasteiger partial charge in [-0.05, 0) is 56.2 Å². The molecule has 1 amide bonds. The van der Waals surface area contributed by atoms with Crippen LogP contribution in [0.25, 0.3) is 5.69 Å². The van der Waals surface area contributed by atoms with E-state index in [2.05, 4.69) is 5.10 Å². The molecule has 0 radical (unpaired) electrons. The number of hydrogen-bond donors (Lipinski definition) is 0. The van der Waals surface area contributed by atoms with Crippen LogP contribution in [0.5, 0.6) is 0 Å². The van der Waals surface area contributed by atoms with Crippen LogP contribution in [-0.2, 0) is 9.59 Å². The lowest BCUT2D eigenvalue weighted by molar-refractivity contribution is -0.119. The van der Waals surface area contributed by atoms with Crippen molar-refractivity contribution >= 4 is 29.0 Å². The van der Waals surface area contributed by atoms with Crippen molar-refractivity contribution in [3.05, 3.63) is 88.1 Å². The first-order valence-electron chi connectivity index (χ1n) is 10.6. The summed E-state index contributed by atoms with van der Waals surface area (Å²) in [6.45, 7) is 1.85. The number of aromatic nitrogens is 2. The van der Waals surface area contributed by atoms with E-state index < -0.39 is 5.92 Å². The van der Waals surface area contributed by atoms with Crippen molar-refractivity contribution in [1.82, 2.24) is 9.78 Å². The molecule has 2 aliphatic rings. The summed E-state index contributed by atoms with van der Waals surface area (Å²) in [6, 6.07) is 15.3. The first-order valence-corrected chi connectivity index (χ1v) is 11.0. The number of rotatable bonds is 3. The summed E-state index contributed by atoms with van der Waals surface area (Å²) in [5.41, 5.74) is 4.10. The number of ketones is 1. The minimum Gasteiger partial charge on any atom is -0.294 e. The zero-order valence-electron chi connectivity index (χ0n) is 17.5. The molecule has 0 saturated carbocycles. The van der Waals surface area contributed by atoms with Crippen LogP contribution in [0, 0.1) is 12.7 Å². The van der Waals surface area contributed by atoms with Gasteiger partial charge in [0.05, 0.1) is 11.4 Å². The van der Waals surface area contributed by atoms with Gasteiger partial charge in [-0.15, -0.1) is 0 Å². The molecule has 5 nitrogen and oxygen atoms in total. The van der Waals surface area contributed by atoms with Crippen molar-refractivity contribution in [3.63, 3.8) is 0 Å². The number of hydrogen-bond acceptors (Lipinski definition) is 3. The number of aryl methyl sites for hydroxylation is 1. The summed E-state index contributed by atoms with van der Waals surface area (Å²) in [7, 11) is 0. The molecule has 1 atom stereocenters. The molecule has 162 valence electrons. The molecular weight excluding hydrogens is 429 g/mol. The third-order valence-electron chi connectivity index (χ3n) is 6.16. The SMILES string of the molecule is Cc1nn(-c2ccccc2)c(Cl)c1C1CC(=O)N(c2ccc(F)cc2)C2=C1C(=O)CCC2. The monoisotopic (exact) mass is 449 g/mol. The van der Waals surface area contributed by atoms with Gasteiger partial charge in [-0.2, -0.15) is 5.10 Å². The number of benzene rings is 2. The fraction of sp³-hybridized carbons (Fsp3) is 0.240.